The maximum atomic E-state index is 12.1. The Morgan fingerprint density at radius 2 is 2.19 bits per heavy atom. The van der Waals surface area contributed by atoms with E-state index in [9.17, 15) is 4.79 Å². The van der Waals surface area contributed by atoms with Gasteiger partial charge in [0.05, 0.1) is 12.1 Å². The van der Waals surface area contributed by atoms with E-state index in [0.717, 1.165) is 16.6 Å². The number of ether oxygens (including phenoxy) is 1. The summed E-state index contributed by atoms with van der Waals surface area (Å²) < 4.78 is 6.02. The molecule has 6 nitrogen and oxygen atoms in total. The molecular formula is C15H12N4O2. The van der Waals surface area contributed by atoms with Crippen LogP contribution < -0.4 is 10.1 Å². The van der Waals surface area contributed by atoms with E-state index < -0.39 is 0 Å². The van der Waals surface area contributed by atoms with Crippen molar-refractivity contribution in [2.24, 2.45) is 0 Å². The van der Waals surface area contributed by atoms with E-state index in [0.29, 0.717) is 17.9 Å². The standard InChI is InChI=1S/C15H12N4O2/c20-15-9-3-1-2-4-12(9)21-13(7-18-15)10-6-17-14-11(10)5-16-8-19-14/h1-6,8,13H,7H2,(H,18,20)(H,16,17,19). The van der Waals surface area contributed by atoms with Crippen molar-refractivity contribution in [3.63, 3.8) is 0 Å². The van der Waals surface area contributed by atoms with E-state index in [-0.39, 0.29) is 12.0 Å². The highest BCUT2D eigenvalue weighted by molar-refractivity contribution is 5.97. The summed E-state index contributed by atoms with van der Waals surface area (Å²) in [6.45, 7) is 0.398. The van der Waals surface area contributed by atoms with Gasteiger partial charge in [0.1, 0.15) is 23.8 Å². The van der Waals surface area contributed by atoms with Crippen LogP contribution in [0.25, 0.3) is 11.0 Å². The second kappa shape index (κ2) is 4.59. The van der Waals surface area contributed by atoms with Crippen molar-refractivity contribution in [2.75, 3.05) is 6.54 Å². The van der Waals surface area contributed by atoms with Gasteiger partial charge in [-0.25, -0.2) is 9.97 Å². The van der Waals surface area contributed by atoms with Crippen LogP contribution in [0.15, 0.2) is 43.0 Å². The van der Waals surface area contributed by atoms with Crippen LogP contribution in [0.1, 0.15) is 22.0 Å². The third-order valence-electron chi connectivity index (χ3n) is 3.58. The number of fused-ring (bicyclic) bond motifs is 2. The number of hydrogen-bond acceptors (Lipinski definition) is 4. The average molecular weight is 280 g/mol. The summed E-state index contributed by atoms with van der Waals surface area (Å²) in [5.41, 5.74) is 2.24. The first-order chi connectivity index (χ1) is 10.3. The van der Waals surface area contributed by atoms with Crippen molar-refractivity contribution in [3.05, 3.63) is 54.1 Å². The van der Waals surface area contributed by atoms with E-state index in [2.05, 4.69) is 20.3 Å². The normalized spacial score (nSPS) is 17.7. The minimum atomic E-state index is -0.280. The molecule has 0 spiro atoms. The van der Waals surface area contributed by atoms with Gasteiger partial charge >= 0.3 is 0 Å². The molecule has 1 aliphatic heterocycles. The maximum Gasteiger partial charge on any atom is 0.255 e. The van der Waals surface area contributed by atoms with E-state index in [4.69, 9.17) is 4.74 Å². The summed E-state index contributed by atoms with van der Waals surface area (Å²) in [5.74, 6) is 0.466. The lowest BCUT2D eigenvalue weighted by molar-refractivity contribution is 0.0951. The van der Waals surface area contributed by atoms with Crippen LogP contribution >= 0.6 is 0 Å². The summed E-state index contributed by atoms with van der Waals surface area (Å²) in [4.78, 5) is 23.4. The lowest BCUT2D eigenvalue weighted by Gasteiger charge is -2.16. The molecule has 2 aromatic heterocycles. The Bertz CT molecular complexity index is 827. The number of nitrogens with zero attached hydrogens (tertiary/aromatic N) is 2. The summed E-state index contributed by atoms with van der Waals surface area (Å²) in [6, 6.07) is 7.23. The highest BCUT2D eigenvalue weighted by Gasteiger charge is 2.25. The molecule has 1 unspecified atom stereocenters. The van der Waals surface area contributed by atoms with Crippen molar-refractivity contribution in [2.45, 2.75) is 6.10 Å². The summed E-state index contributed by atoms with van der Waals surface area (Å²) >= 11 is 0. The smallest absolute Gasteiger partial charge is 0.255 e. The molecule has 104 valence electrons. The zero-order valence-corrected chi connectivity index (χ0v) is 11.0. The molecule has 4 rings (SSSR count). The molecule has 3 aromatic rings. The zero-order chi connectivity index (χ0) is 14.2. The van der Waals surface area contributed by atoms with Crippen LogP contribution in [0.5, 0.6) is 5.75 Å². The van der Waals surface area contributed by atoms with Crippen molar-refractivity contribution in [1.82, 2.24) is 20.3 Å². The molecule has 0 aliphatic carbocycles. The fraction of sp³-hybridized carbons (Fsp3) is 0.133. The summed E-state index contributed by atoms with van der Waals surface area (Å²) in [6.07, 6.45) is 4.81. The topological polar surface area (TPSA) is 79.9 Å². The molecule has 3 heterocycles. The Morgan fingerprint density at radius 1 is 1.29 bits per heavy atom. The third-order valence-corrected chi connectivity index (χ3v) is 3.58. The number of hydrogen-bond donors (Lipinski definition) is 2. The lowest BCUT2D eigenvalue weighted by atomic mass is 10.1. The zero-order valence-electron chi connectivity index (χ0n) is 11.0. The number of H-pyrrole nitrogens is 1. The fourth-order valence-electron chi connectivity index (χ4n) is 2.55. The van der Waals surface area contributed by atoms with Crippen LogP contribution in [0, 0.1) is 0 Å². The molecule has 0 saturated heterocycles. The van der Waals surface area contributed by atoms with Crippen molar-refractivity contribution in [1.29, 1.82) is 0 Å². The van der Waals surface area contributed by atoms with Crippen molar-refractivity contribution in [3.8, 4) is 5.75 Å². The van der Waals surface area contributed by atoms with Gasteiger partial charge in [-0.2, -0.15) is 0 Å². The maximum absolute atomic E-state index is 12.1. The minimum absolute atomic E-state index is 0.121. The number of para-hydroxylation sites is 1. The van der Waals surface area contributed by atoms with Crippen LogP contribution in [-0.4, -0.2) is 27.4 Å². The van der Waals surface area contributed by atoms with E-state index in [1.165, 1.54) is 6.33 Å². The van der Waals surface area contributed by atoms with Crippen molar-refractivity contribution < 1.29 is 9.53 Å². The van der Waals surface area contributed by atoms with E-state index in [1.807, 2.05) is 18.3 Å². The Balaban J connectivity index is 1.79. The number of carbonyl (C=O) groups is 1. The Kier molecular flexibility index (Phi) is 2.60. The molecule has 0 saturated carbocycles. The Morgan fingerprint density at radius 3 is 3.14 bits per heavy atom. The fourth-order valence-corrected chi connectivity index (χ4v) is 2.55. The molecule has 1 aliphatic rings. The molecule has 1 aromatic carbocycles. The molecular weight excluding hydrogens is 268 g/mol. The van der Waals surface area contributed by atoms with Gasteiger partial charge in [0.15, 0.2) is 0 Å². The van der Waals surface area contributed by atoms with Gasteiger partial charge in [0.2, 0.25) is 0 Å². The Hall–Kier alpha value is -2.89. The number of carbonyl (C=O) groups excluding carboxylic acids is 1. The Labute approximate surface area is 120 Å². The van der Waals surface area contributed by atoms with Crippen LogP contribution in [0.2, 0.25) is 0 Å². The molecule has 0 fully saturated rings. The predicted molar refractivity (Wildman–Crippen MR) is 76.0 cm³/mol. The lowest BCUT2D eigenvalue weighted by Crippen LogP contribution is -2.26. The number of rotatable bonds is 1. The monoisotopic (exact) mass is 280 g/mol. The summed E-state index contributed by atoms with van der Waals surface area (Å²) in [7, 11) is 0. The second-order valence-electron chi connectivity index (χ2n) is 4.84. The largest absolute Gasteiger partial charge is 0.483 e. The molecule has 1 amide bonds. The van der Waals surface area contributed by atoms with Gasteiger partial charge in [-0.05, 0) is 12.1 Å². The van der Waals surface area contributed by atoms with E-state index >= 15 is 0 Å². The molecule has 0 radical (unpaired) electrons. The highest BCUT2D eigenvalue weighted by atomic mass is 16.5. The first kappa shape index (κ1) is 11.9. The average Bonchev–Trinajstić information content (AvgIpc) is 2.88. The van der Waals surface area contributed by atoms with Gasteiger partial charge in [0.25, 0.3) is 5.91 Å². The van der Waals surface area contributed by atoms with E-state index in [1.54, 1.807) is 18.3 Å². The van der Waals surface area contributed by atoms with Gasteiger partial charge in [-0.1, -0.05) is 12.1 Å². The number of aromatic amines is 1. The SMILES string of the molecule is O=C1NCC(c2c[nH]c3ncncc23)Oc2ccccc21. The van der Waals surface area contributed by atoms with Gasteiger partial charge in [0, 0.05) is 23.3 Å². The van der Waals surface area contributed by atoms with Gasteiger partial charge < -0.3 is 15.0 Å². The number of aromatic nitrogens is 3. The highest BCUT2D eigenvalue weighted by Crippen LogP contribution is 2.30. The minimum Gasteiger partial charge on any atom is -0.483 e. The molecule has 2 N–H and O–H groups in total. The number of nitrogens with one attached hydrogen (secondary N) is 2. The predicted octanol–water partition coefficient (Wildman–Crippen LogP) is 1.82. The van der Waals surface area contributed by atoms with Crippen LogP contribution in [-0.2, 0) is 0 Å². The van der Waals surface area contributed by atoms with Gasteiger partial charge in [-0.15, -0.1) is 0 Å². The molecule has 6 heteroatoms. The molecule has 1 atom stereocenters. The summed E-state index contributed by atoms with van der Waals surface area (Å²) in [5, 5.41) is 3.78. The van der Waals surface area contributed by atoms with Gasteiger partial charge in [-0.3, -0.25) is 4.79 Å². The van der Waals surface area contributed by atoms with Crippen LogP contribution in [0.4, 0.5) is 0 Å². The number of amides is 1. The first-order valence-corrected chi connectivity index (χ1v) is 6.64. The first-order valence-electron chi connectivity index (χ1n) is 6.64. The van der Waals surface area contributed by atoms with Crippen LogP contribution in [0.3, 0.4) is 0 Å². The molecule has 0 bridgehead atoms. The quantitative estimate of drug-likeness (QED) is 0.712. The van der Waals surface area contributed by atoms with Crippen molar-refractivity contribution >= 4 is 16.9 Å². The number of benzene rings is 1. The third kappa shape index (κ3) is 1.92. The molecule has 21 heavy (non-hydrogen) atoms. The second-order valence-corrected chi connectivity index (χ2v) is 4.84.